The van der Waals surface area contributed by atoms with Crippen LogP contribution in [0.2, 0.25) is 24.2 Å². The topological polar surface area (TPSA) is 97.1 Å². The number of fused-ring (bicyclic) bond motifs is 8. The minimum Gasteiger partial charge on any atom is -0.390 e. The lowest BCUT2D eigenvalue weighted by atomic mass is 9.73. The zero-order chi connectivity index (χ0) is 67.9. The molecule has 2 aromatic rings. The van der Waals surface area contributed by atoms with Crippen LogP contribution in [-0.2, 0) is 30.7 Å². The Morgan fingerprint density at radius 1 is 0.465 bits per heavy atom. The van der Waals surface area contributed by atoms with Crippen LogP contribution in [-0.4, -0.2) is 178 Å². The van der Waals surface area contributed by atoms with Gasteiger partial charge in [-0.25, -0.2) is 0 Å². The second kappa shape index (κ2) is 64.7. The summed E-state index contributed by atoms with van der Waals surface area (Å²) in [5.41, 5.74) is 4.91. The number of aliphatic hydroxyl groups is 1. The number of aryl methyl sites for hydroxylation is 1. The molecular formula is C69H147N3O6S7Si. The van der Waals surface area contributed by atoms with Gasteiger partial charge in [0.1, 0.15) is 11.0 Å². The Kier molecular flexibility index (Phi) is 73.9. The minimum absolute atomic E-state index is 0.0833. The molecule has 1 saturated carbocycles. The van der Waals surface area contributed by atoms with Gasteiger partial charge in [-0.15, -0.1) is 0 Å². The Morgan fingerprint density at radius 2 is 0.767 bits per heavy atom. The number of hydrogen-bond acceptors (Lipinski definition) is 15. The first-order valence-corrected chi connectivity index (χ1v) is 45.7. The van der Waals surface area contributed by atoms with Crippen molar-refractivity contribution in [3.05, 3.63) is 24.3 Å². The van der Waals surface area contributed by atoms with Crippen molar-refractivity contribution in [1.29, 1.82) is 0 Å². The molecule has 10 aliphatic rings. The number of hydrogen-bond donors (Lipinski definition) is 1. The number of methoxy groups -OCH3 is 3. The second-order valence-electron chi connectivity index (χ2n) is 19.1. The third kappa shape index (κ3) is 32.9. The zero-order valence-electron chi connectivity index (χ0n) is 62.4. The molecule has 1 N–H and O–H groups in total. The van der Waals surface area contributed by atoms with Gasteiger partial charge in [0.05, 0.1) is 57.9 Å². The van der Waals surface area contributed by atoms with E-state index in [1.54, 1.807) is 50.7 Å². The Hall–Kier alpha value is 1.05. The van der Waals surface area contributed by atoms with Crippen LogP contribution in [0.15, 0.2) is 24.3 Å². The highest BCUT2D eigenvalue weighted by Crippen LogP contribution is 2.65. The van der Waals surface area contributed by atoms with E-state index in [-0.39, 0.29) is 12.2 Å². The maximum atomic E-state index is 9.04. The lowest BCUT2D eigenvalue weighted by Gasteiger charge is -2.31. The van der Waals surface area contributed by atoms with Gasteiger partial charge in [-0.05, 0) is 89.2 Å². The van der Waals surface area contributed by atoms with Crippen molar-refractivity contribution >= 4 is 101 Å². The van der Waals surface area contributed by atoms with E-state index in [9.17, 15) is 0 Å². The standard InChI is InChI=1S/C11H18S2.C10H18S2Si.C7H7N3.C6H10O2S.C6H12O2S.C5H10O2S.12C2H6/c1-11(2)7-3-5-12-9(7)10-8(11)4-6-13-10;1-13(2)7-3-5-11-9(7)10-8(13)4-6-12-10;1-10-8-6-4-2-3-5-7(6)9-10;1-2-8-6-4-9-3-5(6)7-1;1-7-5-3-9-4-6(5)8-2;1-7-5-3-8-2-4(5)6;12*1-2/h2*7-10H,3-6H2,1-2H3;2-5H,1H3;5-6H,1-4H2;5-6H,3-4H2,1-2H3;4-6H,2-3H2,1H3;12*1-2H3. The van der Waals surface area contributed by atoms with Gasteiger partial charge in [0, 0.05) is 83.9 Å². The van der Waals surface area contributed by atoms with Crippen molar-refractivity contribution < 1.29 is 28.8 Å². The summed E-state index contributed by atoms with van der Waals surface area (Å²) in [7, 11) is 6.09. The molecule has 9 nitrogen and oxygen atoms in total. The summed E-state index contributed by atoms with van der Waals surface area (Å²) in [4.78, 5) is 1.57. The fourth-order valence-electron chi connectivity index (χ4n) is 11.4. The molecule has 86 heavy (non-hydrogen) atoms. The van der Waals surface area contributed by atoms with Crippen LogP contribution in [0.1, 0.15) is 206 Å². The fraction of sp³-hybridized carbons (Fsp3) is 0.913. The average molecular weight is 1370 g/mol. The number of aromatic nitrogens is 3. The van der Waals surface area contributed by atoms with Crippen molar-refractivity contribution in [1.82, 2.24) is 15.0 Å². The monoisotopic (exact) mass is 1370 g/mol. The first-order valence-electron chi connectivity index (χ1n) is 34.9. The molecule has 12 rings (SSSR count). The molecule has 0 spiro atoms. The molecule has 9 aliphatic heterocycles. The predicted molar refractivity (Wildman–Crippen MR) is 414 cm³/mol. The Balaban J connectivity index is -0.000000210. The smallest absolute Gasteiger partial charge is 0.113 e. The molecule has 1 aromatic carbocycles. The van der Waals surface area contributed by atoms with Crippen molar-refractivity contribution in [3.63, 3.8) is 0 Å². The summed E-state index contributed by atoms with van der Waals surface area (Å²) in [6.07, 6.45) is 7.41. The summed E-state index contributed by atoms with van der Waals surface area (Å²) in [5, 5.41) is 21.5. The highest BCUT2D eigenvalue weighted by Gasteiger charge is 2.60. The first kappa shape index (κ1) is 98.1. The average Bonchev–Trinajstić information content (AvgIpc) is 1.71. The number of benzene rings is 1. The van der Waals surface area contributed by atoms with Gasteiger partial charge in [-0.1, -0.05) is 205 Å². The summed E-state index contributed by atoms with van der Waals surface area (Å²) >= 11 is 14.7. The van der Waals surface area contributed by atoms with Crippen molar-refractivity contribution in [2.75, 3.05) is 92.1 Å². The SMILES string of the molecule is C1COC2CSCC2O1.CC.CC.CC.CC.CC.CC.CC.CC.CC.CC.CC.CC.CC1(C)C2CCSC2C2SCCC21.COC1CSCC1O.COC1CSCC1OC.C[Si]1(C)C2CCSC2C2SCCC21.Cn1nc2ccccc2n1. The van der Waals surface area contributed by atoms with E-state index in [1.807, 2.05) is 221 Å². The highest BCUT2D eigenvalue weighted by molar-refractivity contribution is 8.04. The van der Waals surface area contributed by atoms with Crippen molar-refractivity contribution in [2.24, 2.45) is 24.3 Å². The molecule has 14 atom stereocenters. The summed E-state index contributed by atoms with van der Waals surface area (Å²) < 4.78 is 26.2. The van der Waals surface area contributed by atoms with Gasteiger partial charge in [0.2, 0.25) is 0 Å². The van der Waals surface area contributed by atoms with Gasteiger partial charge < -0.3 is 28.8 Å². The molecule has 10 fully saturated rings. The molecule has 17 heteroatoms. The normalized spacial score (nSPS) is 29.5. The molecule has 1 aliphatic carbocycles. The maximum Gasteiger partial charge on any atom is 0.113 e. The van der Waals surface area contributed by atoms with Crippen LogP contribution < -0.4 is 0 Å². The Morgan fingerprint density at radius 3 is 1.08 bits per heavy atom. The molecule has 10 heterocycles. The molecule has 9 saturated heterocycles. The number of rotatable bonds is 3. The molecule has 0 amide bonds. The summed E-state index contributed by atoms with van der Waals surface area (Å²) in [6.45, 7) is 60.0. The van der Waals surface area contributed by atoms with E-state index in [4.69, 9.17) is 28.8 Å². The second-order valence-corrected chi connectivity index (χ2v) is 32.6. The van der Waals surface area contributed by atoms with E-state index in [1.165, 1.54) is 46.9 Å². The van der Waals surface area contributed by atoms with E-state index in [0.29, 0.717) is 29.8 Å². The molecule has 1 aromatic heterocycles. The summed E-state index contributed by atoms with van der Waals surface area (Å²) in [5.74, 6) is 14.1. The Labute approximate surface area is 569 Å². The first-order chi connectivity index (χ1) is 42.0. The number of thioether (sulfide) groups is 7. The van der Waals surface area contributed by atoms with Gasteiger partial charge in [0.15, 0.2) is 0 Å². The van der Waals surface area contributed by atoms with Crippen LogP contribution in [0.4, 0.5) is 0 Å². The number of nitrogens with zero attached hydrogens (tertiary/aromatic N) is 3. The van der Waals surface area contributed by atoms with Crippen LogP contribution in [0, 0.1) is 17.3 Å². The van der Waals surface area contributed by atoms with E-state index >= 15 is 0 Å². The van der Waals surface area contributed by atoms with Crippen LogP contribution in [0.25, 0.3) is 11.0 Å². The fourth-order valence-corrected chi connectivity index (χ4v) is 30.2. The summed E-state index contributed by atoms with van der Waals surface area (Å²) in [6, 6.07) is 7.80. The van der Waals surface area contributed by atoms with Crippen LogP contribution in [0.5, 0.6) is 0 Å². The van der Waals surface area contributed by atoms with Gasteiger partial charge in [-0.3, -0.25) is 0 Å². The Bertz CT molecular complexity index is 1520. The molecular weight excluding hydrogens is 1220 g/mol. The van der Waals surface area contributed by atoms with Gasteiger partial charge in [-0.2, -0.15) is 97.3 Å². The zero-order valence-corrected chi connectivity index (χ0v) is 69.1. The molecule has 520 valence electrons. The van der Waals surface area contributed by atoms with Gasteiger partial charge >= 0.3 is 0 Å². The van der Waals surface area contributed by atoms with E-state index in [0.717, 1.165) is 91.6 Å². The maximum absolute atomic E-state index is 9.04. The van der Waals surface area contributed by atoms with E-state index < -0.39 is 8.07 Å². The van der Waals surface area contributed by atoms with Crippen LogP contribution >= 0.6 is 82.3 Å². The third-order valence-corrected chi connectivity index (χ3v) is 30.3. The number of aliphatic hydroxyl groups excluding tert-OH is 1. The van der Waals surface area contributed by atoms with Crippen molar-refractivity contribution in [2.45, 2.75) is 288 Å². The molecule has 0 radical (unpaired) electrons. The highest BCUT2D eigenvalue weighted by atomic mass is 32.2. The van der Waals surface area contributed by atoms with Crippen molar-refractivity contribution in [3.8, 4) is 0 Å². The van der Waals surface area contributed by atoms with Crippen LogP contribution in [0.3, 0.4) is 0 Å². The van der Waals surface area contributed by atoms with E-state index in [2.05, 4.69) is 84.2 Å². The third-order valence-electron chi connectivity index (χ3n) is 15.0. The number of ether oxygens (including phenoxy) is 5. The minimum atomic E-state index is -0.842. The quantitative estimate of drug-likeness (QED) is 0.295. The van der Waals surface area contributed by atoms with Gasteiger partial charge in [0.25, 0.3) is 0 Å². The lowest BCUT2D eigenvalue weighted by molar-refractivity contribution is -0.116. The lowest BCUT2D eigenvalue weighted by Crippen LogP contribution is -2.36. The molecule has 14 unspecified atom stereocenters. The molecule has 0 bridgehead atoms. The largest absolute Gasteiger partial charge is 0.390 e. The predicted octanol–water partition coefficient (Wildman–Crippen LogP) is 21.4.